The second kappa shape index (κ2) is 5.43. The molecule has 0 saturated heterocycles. The van der Waals surface area contributed by atoms with E-state index in [0.29, 0.717) is 11.4 Å². The molecular weight excluding hydrogens is 342 g/mol. The van der Waals surface area contributed by atoms with Crippen molar-refractivity contribution < 1.29 is 8.42 Å². The molecule has 0 aliphatic carbocycles. The van der Waals surface area contributed by atoms with E-state index in [1.807, 2.05) is 25.1 Å². The van der Waals surface area contributed by atoms with E-state index >= 15 is 0 Å². The number of sulfonamides is 1. The van der Waals surface area contributed by atoms with E-state index in [2.05, 4.69) is 21.2 Å². The van der Waals surface area contributed by atoms with Crippen molar-refractivity contribution in [3.8, 4) is 0 Å². The fraction of sp³-hybridized carbons (Fsp3) is 0.0769. The fourth-order valence-corrected chi connectivity index (χ4v) is 2.71. The van der Waals surface area contributed by atoms with Gasteiger partial charge in [0.25, 0.3) is 0 Å². The molecule has 0 radical (unpaired) electrons. The largest absolute Gasteiger partial charge is 0.399 e. The molecule has 0 aliphatic rings. The maximum absolute atomic E-state index is 11.4. The first-order chi connectivity index (χ1) is 9.27. The molecule has 0 spiro atoms. The molecule has 0 aromatic heterocycles. The van der Waals surface area contributed by atoms with Crippen LogP contribution < -0.4 is 16.2 Å². The molecule has 7 heteroatoms. The van der Waals surface area contributed by atoms with Gasteiger partial charge in [0.15, 0.2) is 0 Å². The molecule has 2 aromatic carbocycles. The second-order valence-electron chi connectivity index (χ2n) is 4.40. The minimum Gasteiger partial charge on any atom is -0.399 e. The summed E-state index contributed by atoms with van der Waals surface area (Å²) < 4.78 is 23.7. The molecule has 0 fully saturated rings. The van der Waals surface area contributed by atoms with Crippen LogP contribution in [0.25, 0.3) is 0 Å². The van der Waals surface area contributed by atoms with Gasteiger partial charge in [0.2, 0.25) is 10.0 Å². The van der Waals surface area contributed by atoms with Crippen LogP contribution >= 0.6 is 15.9 Å². The topological polar surface area (TPSA) is 98.2 Å². The normalized spacial score (nSPS) is 11.3. The maximum atomic E-state index is 11.4. The number of rotatable bonds is 3. The van der Waals surface area contributed by atoms with Crippen LogP contribution in [-0.2, 0) is 10.0 Å². The summed E-state index contributed by atoms with van der Waals surface area (Å²) in [4.78, 5) is -0.0243. The van der Waals surface area contributed by atoms with Crippen molar-refractivity contribution in [3.05, 3.63) is 46.4 Å². The summed E-state index contributed by atoms with van der Waals surface area (Å²) in [7, 11) is -3.79. The van der Waals surface area contributed by atoms with Crippen molar-refractivity contribution in [1.29, 1.82) is 0 Å². The number of aryl methyl sites for hydroxylation is 1. The van der Waals surface area contributed by atoms with Gasteiger partial charge in [-0.05, 0) is 52.7 Å². The Morgan fingerprint density at radius 2 is 1.90 bits per heavy atom. The molecule has 0 aliphatic heterocycles. The average Bonchev–Trinajstić information content (AvgIpc) is 2.33. The summed E-state index contributed by atoms with van der Waals surface area (Å²) in [5.41, 5.74) is 8.46. The molecule has 2 rings (SSSR count). The number of nitrogen functional groups attached to an aromatic ring is 1. The smallest absolute Gasteiger partial charge is 0.238 e. The number of benzene rings is 2. The Hall–Kier alpha value is -1.57. The summed E-state index contributed by atoms with van der Waals surface area (Å²) >= 11 is 3.48. The summed E-state index contributed by atoms with van der Waals surface area (Å²) in [5.74, 6) is 0. The Morgan fingerprint density at radius 3 is 2.55 bits per heavy atom. The number of hydrogen-bond acceptors (Lipinski definition) is 4. The lowest BCUT2D eigenvalue weighted by molar-refractivity contribution is 0.598. The molecule has 2 aromatic rings. The van der Waals surface area contributed by atoms with Crippen LogP contribution in [-0.4, -0.2) is 8.42 Å². The van der Waals surface area contributed by atoms with E-state index in [9.17, 15) is 8.42 Å². The van der Waals surface area contributed by atoms with E-state index in [0.717, 1.165) is 15.7 Å². The maximum Gasteiger partial charge on any atom is 0.238 e. The summed E-state index contributed by atoms with van der Waals surface area (Å²) in [6, 6.07) is 10.1. The van der Waals surface area contributed by atoms with E-state index in [1.165, 1.54) is 12.1 Å². The van der Waals surface area contributed by atoms with Crippen molar-refractivity contribution in [3.63, 3.8) is 0 Å². The number of halogens is 1. The fourth-order valence-electron chi connectivity index (χ4n) is 1.76. The molecular formula is C13H14BrN3O2S. The molecule has 0 bridgehead atoms. The standard InChI is InChI=1S/C13H14BrN3O2S/c1-8-3-2-4-12(13(8)14)17-10-5-9(15)6-11(7-10)20(16,18)19/h2-7,17H,15H2,1H3,(H2,16,18,19). The summed E-state index contributed by atoms with van der Waals surface area (Å²) in [6.45, 7) is 1.96. The van der Waals surface area contributed by atoms with Crippen molar-refractivity contribution in [1.82, 2.24) is 0 Å². The highest BCUT2D eigenvalue weighted by molar-refractivity contribution is 9.10. The molecule has 0 atom stereocenters. The van der Waals surface area contributed by atoms with Crippen LogP contribution in [0, 0.1) is 6.92 Å². The zero-order valence-electron chi connectivity index (χ0n) is 10.7. The lowest BCUT2D eigenvalue weighted by Gasteiger charge is -2.12. The Morgan fingerprint density at radius 1 is 1.20 bits per heavy atom. The van der Waals surface area contributed by atoms with Crippen LogP contribution in [0.5, 0.6) is 0 Å². The predicted octanol–water partition coefficient (Wildman–Crippen LogP) is 2.73. The molecule has 5 N–H and O–H groups in total. The van der Waals surface area contributed by atoms with Gasteiger partial charge >= 0.3 is 0 Å². The van der Waals surface area contributed by atoms with Gasteiger partial charge in [-0.25, -0.2) is 13.6 Å². The van der Waals surface area contributed by atoms with Gasteiger partial charge < -0.3 is 11.1 Å². The zero-order valence-corrected chi connectivity index (χ0v) is 13.1. The van der Waals surface area contributed by atoms with Crippen LogP contribution in [0.15, 0.2) is 45.8 Å². The SMILES string of the molecule is Cc1cccc(Nc2cc(N)cc(S(N)(=O)=O)c2)c1Br. The first-order valence-electron chi connectivity index (χ1n) is 5.73. The summed E-state index contributed by atoms with van der Waals surface area (Å²) in [5, 5.41) is 8.24. The highest BCUT2D eigenvalue weighted by atomic mass is 79.9. The Labute approximate surface area is 126 Å². The van der Waals surface area contributed by atoms with Crippen LogP contribution in [0.4, 0.5) is 17.1 Å². The molecule has 106 valence electrons. The van der Waals surface area contributed by atoms with Gasteiger partial charge in [-0.15, -0.1) is 0 Å². The zero-order chi connectivity index (χ0) is 14.9. The Balaban J connectivity index is 2.44. The minimum atomic E-state index is -3.79. The van der Waals surface area contributed by atoms with Gasteiger partial charge in [-0.1, -0.05) is 12.1 Å². The van der Waals surface area contributed by atoms with E-state index in [1.54, 1.807) is 6.07 Å². The third-order valence-electron chi connectivity index (χ3n) is 2.73. The van der Waals surface area contributed by atoms with Crippen molar-refractivity contribution in [2.45, 2.75) is 11.8 Å². The van der Waals surface area contributed by atoms with Gasteiger partial charge in [-0.2, -0.15) is 0 Å². The van der Waals surface area contributed by atoms with Gasteiger partial charge in [0, 0.05) is 15.8 Å². The van der Waals surface area contributed by atoms with E-state index in [4.69, 9.17) is 10.9 Å². The molecule has 0 amide bonds. The first kappa shape index (κ1) is 14.8. The summed E-state index contributed by atoms with van der Waals surface area (Å²) in [6.07, 6.45) is 0. The third kappa shape index (κ3) is 3.30. The number of primary sulfonamides is 1. The van der Waals surface area contributed by atoms with E-state index in [-0.39, 0.29) is 4.90 Å². The van der Waals surface area contributed by atoms with Crippen LogP contribution in [0.2, 0.25) is 0 Å². The highest BCUT2D eigenvalue weighted by Crippen LogP contribution is 2.30. The van der Waals surface area contributed by atoms with Crippen molar-refractivity contribution in [2.24, 2.45) is 5.14 Å². The Bertz CT molecular complexity index is 760. The van der Waals surface area contributed by atoms with Crippen LogP contribution in [0.3, 0.4) is 0 Å². The monoisotopic (exact) mass is 355 g/mol. The van der Waals surface area contributed by atoms with Crippen LogP contribution in [0.1, 0.15) is 5.56 Å². The molecule has 20 heavy (non-hydrogen) atoms. The number of nitrogens with one attached hydrogen (secondary N) is 1. The second-order valence-corrected chi connectivity index (χ2v) is 6.75. The number of anilines is 3. The molecule has 5 nitrogen and oxygen atoms in total. The molecule has 0 saturated carbocycles. The lowest BCUT2D eigenvalue weighted by atomic mass is 10.2. The third-order valence-corrected chi connectivity index (χ3v) is 4.67. The lowest BCUT2D eigenvalue weighted by Crippen LogP contribution is -2.12. The molecule has 0 unspecified atom stereocenters. The van der Waals surface area contributed by atoms with E-state index < -0.39 is 10.0 Å². The highest BCUT2D eigenvalue weighted by Gasteiger charge is 2.11. The number of nitrogens with two attached hydrogens (primary N) is 2. The quantitative estimate of drug-likeness (QED) is 0.737. The predicted molar refractivity (Wildman–Crippen MR) is 84.4 cm³/mol. The first-order valence-corrected chi connectivity index (χ1v) is 8.07. The molecule has 0 heterocycles. The Kier molecular flexibility index (Phi) is 4.03. The van der Waals surface area contributed by atoms with Crippen molar-refractivity contribution in [2.75, 3.05) is 11.1 Å². The minimum absolute atomic E-state index is 0.0243. The number of hydrogen-bond donors (Lipinski definition) is 3. The van der Waals surface area contributed by atoms with Gasteiger partial charge in [0.05, 0.1) is 10.6 Å². The average molecular weight is 356 g/mol. The van der Waals surface area contributed by atoms with Crippen molar-refractivity contribution >= 4 is 43.0 Å². The van der Waals surface area contributed by atoms with Gasteiger partial charge in [-0.3, -0.25) is 0 Å². The van der Waals surface area contributed by atoms with Gasteiger partial charge in [0.1, 0.15) is 0 Å².